The van der Waals surface area contributed by atoms with E-state index < -0.39 is 0 Å². The second-order valence-corrected chi connectivity index (χ2v) is 5.82. The van der Waals surface area contributed by atoms with Gasteiger partial charge in [0.15, 0.2) is 0 Å². The molecule has 0 bridgehead atoms. The number of carbonyl (C=O) groups excluding carboxylic acids is 1. The van der Waals surface area contributed by atoms with Crippen molar-refractivity contribution >= 4 is 17.7 Å². The van der Waals surface area contributed by atoms with E-state index in [9.17, 15) is 9.90 Å². The van der Waals surface area contributed by atoms with Crippen LogP contribution in [0.2, 0.25) is 0 Å². The van der Waals surface area contributed by atoms with Crippen LogP contribution in [0.4, 0.5) is 0 Å². The van der Waals surface area contributed by atoms with Gasteiger partial charge in [-0.05, 0) is 24.2 Å². The Morgan fingerprint density at radius 1 is 1.39 bits per heavy atom. The SMILES string of the molecule is O=C(NC(CO)c1ccccc1)C1CCCCS1. The summed E-state index contributed by atoms with van der Waals surface area (Å²) in [6, 6.07) is 9.32. The average Bonchev–Trinajstić information content (AvgIpc) is 2.46. The Morgan fingerprint density at radius 3 is 2.78 bits per heavy atom. The van der Waals surface area contributed by atoms with Crippen LogP contribution < -0.4 is 5.32 Å². The number of hydrogen-bond acceptors (Lipinski definition) is 3. The van der Waals surface area contributed by atoms with Gasteiger partial charge in [-0.3, -0.25) is 4.79 Å². The molecule has 0 saturated carbocycles. The summed E-state index contributed by atoms with van der Waals surface area (Å²) in [7, 11) is 0. The van der Waals surface area contributed by atoms with E-state index in [1.807, 2.05) is 30.3 Å². The highest BCUT2D eigenvalue weighted by molar-refractivity contribution is 8.00. The van der Waals surface area contributed by atoms with Gasteiger partial charge in [0.25, 0.3) is 0 Å². The van der Waals surface area contributed by atoms with Crippen molar-refractivity contribution in [1.82, 2.24) is 5.32 Å². The minimum Gasteiger partial charge on any atom is -0.394 e. The van der Waals surface area contributed by atoms with Crippen molar-refractivity contribution in [1.29, 1.82) is 0 Å². The molecule has 1 aliphatic heterocycles. The van der Waals surface area contributed by atoms with Crippen LogP contribution in [0.5, 0.6) is 0 Å². The molecule has 2 rings (SSSR count). The molecule has 0 spiro atoms. The molecule has 1 aromatic carbocycles. The normalized spacial score (nSPS) is 21.3. The van der Waals surface area contributed by atoms with Gasteiger partial charge in [-0.2, -0.15) is 0 Å². The molecule has 0 aliphatic carbocycles. The fraction of sp³-hybridized carbons (Fsp3) is 0.500. The number of benzene rings is 1. The number of thioether (sulfide) groups is 1. The van der Waals surface area contributed by atoms with Crippen LogP contribution >= 0.6 is 11.8 Å². The summed E-state index contributed by atoms with van der Waals surface area (Å²) in [6.45, 7) is -0.0624. The van der Waals surface area contributed by atoms with Crippen molar-refractivity contribution in [2.24, 2.45) is 0 Å². The third-order valence-corrected chi connectivity index (χ3v) is 4.55. The number of carbonyl (C=O) groups is 1. The first-order chi connectivity index (χ1) is 8.81. The van der Waals surface area contributed by atoms with Crippen LogP contribution in [-0.2, 0) is 4.79 Å². The Morgan fingerprint density at radius 2 is 2.17 bits per heavy atom. The van der Waals surface area contributed by atoms with Gasteiger partial charge in [-0.1, -0.05) is 36.8 Å². The Kier molecular flexibility index (Phi) is 5.08. The van der Waals surface area contributed by atoms with Crippen LogP contribution in [0.25, 0.3) is 0 Å². The summed E-state index contributed by atoms with van der Waals surface area (Å²) in [5.74, 6) is 1.12. The molecular formula is C14H19NO2S. The fourth-order valence-corrected chi connectivity index (χ4v) is 3.34. The van der Waals surface area contributed by atoms with Crippen LogP contribution in [0, 0.1) is 0 Å². The standard InChI is InChI=1S/C14H19NO2S/c16-10-12(11-6-2-1-3-7-11)15-14(17)13-8-4-5-9-18-13/h1-3,6-7,12-13,16H,4-5,8-10H2,(H,15,17). The largest absolute Gasteiger partial charge is 0.394 e. The highest BCUT2D eigenvalue weighted by atomic mass is 32.2. The summed E-state index contributed by atoms with van der Waals surface area (Å²) in [4.78, 5) is 12.1. The molecule has 2 atom stereocenters. The van der Waals surface area contributed by atoms with Gasteiger partial charge >= 0.3 is 0 Å². The van der Waals surface area contributed by atoms with Gasteiger partial charge in [0, 0.05) is 0 Å². The van der Waals surface area contributed by atoms with Gasteiger partial charge in [-0.15, -0.1) is 11.8 Å². The molecule has 1 saturated heterocycles. The number of hydrogen-bond donors (Lipinski definition) is 2. The molecule has 98 valence electrons. The van der Waals surface area contributed by atoms with Gasteiger partial charge < -0.3 is 10.4 Å². The third-order valence-electron chi connectivity index (χ3n) is 3.17. The lowest BCUT2D eigenvalue weighted by molar-refractivity contribution is -0.121. The highest BCUT2D eigenvalue weighted by Gasteiger charge is 2.24. The highest BCUT2D eigenvalue weighted by Crippen LogP contribution is 2.25. The number of aliphatic hydroxyl groups is 1. The van der Waals surface area contributed by atoms with E-state index in [2.05, 4.69) is 5.32 Å². The zero-order chi connectivity index (χ0) is 12.8. The maximum Gasteiger partial charge on any atom is 0.233 e. The number of amides is 1. The number of nitrogens with one attached hydrogen (secondary N) is 1. The van der Waals surface area contributed by atoms with E-state index >= 15 is 0 Å². The molecule has 3 nitrogen and oxygen atoms in total. The Hall–Kier alpha value is -1.00. The average molecular weight is 265 g/mol. The number of rotatable bonds is 4. The van der Waals surface area contributed by atoms with Crippen molar-refractivity contribution in [2.75, 3.05) is 12.4 Å². The summed E-state index contributed by atoms with van der Waals surface area (Å²) >= 11 is 1.73. The van der Waals surface area contributed by atoms with Crippen molar-refractivity contribution in [2.45, 2.75) is 30.6 Å². The van der Waals surface area contributed by atoms with Gasteiger partial charge in [0.05, 0.1) is 17.9 Å². The predicted octanol–water partition coefficient (Wildman–Crippen LogP) is 2.12. The second kappa shape index (κ2) is 6.81. The van der Waals surface area contributed by atoms with E-state index in [-0.39, 0.29) is 23.8 Å². The lowest BCUT2D eigenvalue weighted by Gasteiger charge is -2.24. The third kappa shape index (κ3) is 3.50. The summed E-state index contributed by atoms with van der Waals surface area (Å²) in [6.07, 6.45) is 3.28. The Balaban J connectivity index is 1.95. The summed E-state index contributed by atoms with van der Waals surface area (Å²) in [5.41, 5.74) is 0.953. The van der Waals surface area contributed by atoms with Crippen molar-refractivity contribution in [3.05, 3.63) is 35.9 Å². The molecule has 4 heteroatoms. The fourth-order valence-electron chi connectivity index (χ4n) is 2.13. The van der Waals surface area contributed by atoms with Crippen LogP contribution in [0.15, 0.2) is 30.3 Å². The molecule has 18 heavy (non-hydrogen) atoms. The molecular weight excluding hydrogens is 246 g/mol. The molecule has 1 amide bonds. The molecule has 1 aliphatic rings. The van der Waals surface area contributed by atoms with Crippen molar-refractivity contribution < 1.29 is 9.90 Å². The molecule has 2 unspecified atom stereocenters. The van der Waals surface area contributed by atoms with E-state index in [1.54, 1.807) is 11.8 Å². The monoisotopic (exact) mass is 265 g/mol. The maximum absolute atomic E-state index is 12.1. The minimum absolute atomic E-state index is 0.0523. The van der Waals surface area contributed by atoms with Crippen molar-refractivity contribution in [3.63, 3.8) is 0 Å². The zero-order valence-electron chi connectivity index (χ0n) is 10.3. The first kappa shape index (κ1) is 13.4. The smallest absolute Gasteiger partial charge is 0.233 e. The molecule has 0 radical (unpaired) electrons. The second-order valence-electron chi connectivity index (χ2n) is 4.51. The van der Waals surface area contributed by atoms with Crippen LogP contribution in [0.3, 0.4) is 0 Å². The van der Waals surface area contributed by atoms with Gasteiger partial charge in [0.2, 0.25) is 5.91 Å². The Bertz CT molecular complexity index is 377. The topological polar surface area (TPSA) is 49.3 Å². The molecule has 0 aromatic heterocycles. The molecule has 1 heterocycles. The lowest BCUT2D eigenvalue weighted by atomic mass is 10.1. The minimum atomic E-state index is -0.291. The quantitative estimate of drug-likeness (QED) is 0.876. The van der Waals surface area contributed by atoms with Crippen molar-refractivity contribution in [3.8, 4) is 0 Å². The summed E-state index contributed by atoms with van der Waals surface area (Å²) < 4.78 is 0. The molecule has 1 aromatic rings. The first-order valence-electron chi connectivity index (χ1n) is 6.39. The van der Waals surface area contributed by atoms with Gasteiger partial charge in [0.1, 0.15) is 0 Å². The number of aliphatic hydroxyl groups excluding tert-OH is 1. The van der Waals surface area contributed by atoms with Crippen LogP contribution in [-0.4, -0.2) is 28.6 Å². The maximum atomic E-state index is 12.1. The van der Waals surface area contributed by atoms with Crippen LogP contribution in [0.1, 0.15) is 30.9 Å². The zero-order valence-corrected chi connectivity index (χ0v) is 11.2. The lowest BCUT2D eigenvalue weighted by Crippen LogP contribution is -2.38. The molecule has 2 N–H and O–H groups in total. The molecule has 1 fully saturated rings. The summed E-state index contributed by atoms with van der Waals surface area (Å²) in [5, 5.41) is 12.4. The predicted molar refractivity (Wildman–Crippen MR) is 74.5 cm³/mol. The van der Waals surface area contributed by atoms with E-state index in [0.29, 0.717) is 0 Å². The van der Waals surface area contributed by atoms with E-state index in [4.69, 9.17) is 0 Å². The Labute approximate surface area is 112 Å². The first-order valence-corrected chi connectivity index (χ1v) is 7.44. The van der Waals surface area contributed by atoms with Gasteiger partial charge in [-0.25, -0.2) is 0 Å². The van der Waals surface area contributed by atoms with E-state index in [0.717, 1.165) is 24.2 Å². The van der Waals surface area contributed by atoms with E-state index in [1.165, 1.54) is 6.42 Å².